The van der Waals surface area contributed by atoms with Crippen LogP contribution in [0.15, 0.2) is 34.8 Å². The predicted molar refractivity (Wildman–Crippen MR) is 177 cm³/mol. The molecule has 2 aliphatic heterocycles. The number of nitrogens with two attached hydrogens (primary N) is 1. The van der Waals surface area contributed by atoms with Gasteiger partial charge in [0.15, 0.2) is 17.1 Å². The third kappa shape index (κ3) is 6.98. The molecule has 2 aliphatic rings. The predicted octanol–water partition coefficient (Wildman–Crippen LogP) is -0.0169. The number of aliphatic carboxylic acids is 1. The Hall–Kier alpha value is -4.59. The van der Waals surface area contributed by atoms with Gasteiger partial charge in [0.25, 0.3) is 11.8 Å². The molecule has 0 aromatic carbocycles. The summed E-state index contributed by atoms with van der Waals surface area (Å²) in [6.45, 7) is 3.00. The number of aromatic nitrogens is 4. The number of thiazole rings is 1. The number of nitrogens with one attached hydrogen (secondary N) is 3. The van der Waals surface area contributed by atoms with Gasteiger partial charge in [0.1, 0.15) is 39.8 Å². The van der Waals surface area contributed by atoms with Gasteiger partial charge >= 0.3 is 17.6 Å². The third-order valence-electron chi connectivity index (χ3n) is 7.48. The number of thioether (sulfide) groups is 1. The maximum Gasteiger partial charge on any atom is 0.351 e. The number of nitrogens with zero attached hydrogens (tertiary/aromatic N) is 6. The van der Waals surface area contributed by atoms with Gasteiger partial charge in [-0.15, -0.1) is 11.8 Å². The van der Waals surface area contributed by atoms with Crippen LogP contribution in [-0.4, -0.2) is 104 Å². The number of carboxylic acids is 1. The number of β-lactam (4-membered cyclic amide) rings is 1. The minimum absolute atomic E-state index is 0.0133. The highest BCUT2D eigenvalue weighted by Crippen LogP contribution is 2.40. The topological polar surface area (TPSA) is 227 Å². The summed E-state index contributed by atoms with van der Waals surface area (Å²) in [6, 6.07) is 2.76. The lowest BCUT2D eigenvalue weighted by atomic mass is 10.0. The fourth-order valence-corrected chi connectivity index (χ4v) is 7.42. The van der Waals surface area contributed by atoms with Crippen LogP contribution in [0.3, 0.4) is 0 Å². The number of oxime groups is 1. The Morgan fingerprint density at radius 2 is 2.15 bits per heavy atom. The summed E-state index contributed by atoms with van der Waals surface area (Å²) in [5.41, 5.74) is 7.46. The van der Waals surface area contributed by atoms with E-state index in [1.165, 1.54) is 23.6 Å². The zero-order chi connectivity index (χ0) is 34.5. The van der Waals surface area contributed by atoms with Crippen LogP contribution in [-0.2, 0) is 41.9 Å². The average molecular weight is 720 g/mol. The largest absolute Gasteiger partial charge is 0.478 e. The van der Waals surface area contributed by atoms with Crippen molar-refractivity contribution in [2.75, 3.05) is 36.9 Å². The molecule has 1 fully saturated rings. The number of fused-ring (bicyclic) bond motifs is 2. The summed E-state index contributed by atoms with van der Waals surface area (Å²) >= 11 is 8.43. The number of carboxylic acid groups (broad SMARTS) is 1. The van der Waals surface area contributed by atoms with Crippen molar-refractivity contribution in [3.63, 3.8) is 0 Å². The van der Waals surface area contributed by atoms with Crippen LogP contribution in [0, 0.1) is 0 Å². The number of aryl methyl sites for hydroxylation is 1. The normalized spacial score (nSPS) is 18.3. The Morgan fingerprint density at radius 1 is 1.35 bits per heavy atom. The summed E-state index contributed by atoms with van der Waals surface area (Å²) in [6.07, 6.45) is 2.64. The first kappa shape index (κ1) is 34.7. The van der Waals surface area contributed by atoms with Crippen LogP contribution in [0.1, 0.15) is 19.0 Å². The highest BCUT2D eigenvalue weighted by Gasteiger charge is 2.53. The molecule has 17 nitrogen and oxygen atoms in total. The molecule has 48 heavy (non-hydrogen) atoms. The van der Waals surface area contributed by atoms with Crippen LogP contribution < -0.4 is 26.3 Å². The van der Waals surface area contributed by atoms with Gasteiger partial charge < -0.3 is 36.4 Å². The standard InChI is InChI=1S/C28H31ClN10O7S2/c1-14(26(44)45)46-36-19(18-21(29)48-27(30)34-18)23(42)33-20-24(43)39-17(12-41)15(13-47-25(20)39)11-37-8-3-5-16-22(37)35-28(32-7-10-40)38(16)9-4-6-31-2/h3,5,8,10,12,14,20,25,31H,4,6-7,9,11,13H2,1-2H3,(H4,30,33,34,42,44,45)/p+1/b36-19-/t14-,20?,25?/m0/s1. The first-order valence-corrected chi connectivity index (χ1v) is 16.9. The molecule has 5 heterocycles. The molecule has 6 N–H and O–H groups in total. The Kier molecular flexibility index (Phi) is 10.9. The zero-order valence-corrected chi connectivity index (χ0v) is 28.1. The van der Waals surface area contributed by atoms with Gasteiger partial charge in [0.05, 0.1) is 18.4 Å². The van der Waals surface area contributed by atoms with E-state index >= 15 is 0 Å². The number of carbonyl (C=O) groups excluding carboxylic acids is 4. The van der Waals surface area contributed by atoms with Crippen molar-refractivity contribution >= 4 is 93.0 Å². The zero-order valence-electron chi connectivity index (χ0n) is 25.7. The van der Waals surface area contributed by atoms with Gasteiger partial charge in [0.2, 0.25) is 6.10 Å². The number of allylic oxidation sites excluding steroid dienone is 1. The molecule has 3 aromatic rings. The van der Waals surface area contributed by atoms with E-state index in [1.807, 2.05) is 34.5 Å². The second-order valence-electron chi connectivity index (χ2n) is 10.6. The molecule has 2 unspecified atom stereocenters. The molecule has 0 aliphatic carbocycles. The van der Waals surface area contributed by atoms with Gasteiger partial charge in [-0.1, -0.05) is 28.1 Å². The van der Waals surface area contributed by atoms with Crippen molar-refractivity contribution in [2.24, 2.45) is 5.16 Å². The van der Waals surface area contributed by atoms with Crippen LogP contribution in [0.2, 0.25) is 4.34 Å². The minimum atomic E-state index is -1.40. The van der Waals surface area contributed by atoms with E-state index in [0.717, 1.165) is 36.1 Å². The Balaban J connectivity index is 1.37. The number of hydrogen-bond donors (Lipinski definition) is 5. The highest BCUT2D eigenvalue weighted by atomic mass is 35.5. The average Bonchev–Trinajstić information content (AvgIpc) is 3.60. The molecule has 0 saturated carbocycles. The fraction of sp³-hybridized carbons (Fsp3) is 0.393. The van der Waals surface area contributed by atoms with E-state index in [9.17, 15) is 24.0 Å². The molecule has 2 amide bonds. The summed E-state index contributed by atoms with van der Waals surface area (Å²) in [5, 5.41) is 21.0. The summed E-state index contributed by atoms with van der Waals surface area (Å²) < 4.78 is 3.89. The number of nitrogen functional groups attached to an aromatic ring is 1. The lowest BCUT2D eigenvalue weighted by Gasteiger charge is -2.49. The number of amides is 2. The summed E-state index contributed by atoms with van der Waals surface area (Å²) in [7, 11) is 1.87. The Labute approximate surface area is 286 Å². The van der Waals surface area contributed by atoms with Gasteiger partial charge in [0, 0.05) is 17.9 Å². The quantitative estimate of drug-likeness (QED) is 0.0328. The second kappa shape index (κ2) is 15.1. The third-order valence-corrected chi connectivity index (χ3v) is 9.90. The first-order chi connectivity index (χ1) is 23.1. The number of pyridine rings is 1. The van der Waals surface area contributed by atoms with Gasteiger partial charge in [-0.05, 0) is 44.1 Å². The van der Waals surface area contributed by atoms with E-state index in [1.54, 1.807) is 0 Å². The van der Waals surface area contributed by atoms with E-state index in [0.29, 0.717) is 35.8 Å². The van der Waals surface area contributed by atoms with E-state index < -0.39 is 41.0 Å². The van der Waals surface area contributed by atoms with Crippen molar-refractivity contribution in [3.05, 3.63) is 39.6 Å². The van der Waals surface area contributed by atoms with Crippen molar-refractivity contribution in [1.82, 2.24) is 30.1 Å². The number of anilines is 2. The number of halogens is 1. The van der Waals surface area contributed by atoms with Crippen molar-refractivity contribution < 1.29 is 38.5 Å². The van der Waals surface area contributed by atoms with Crippen molar-refractivity contribution in [2.45, 2.75) is 44.0 Å². The molecule has 20 heteroatoms. The molecule has 0 bridgehead atoms. The fourth-order valence-electron chi connectivity index (χ4n) is 5.14. The van der Waals surface area contributed by atoms with E-state index in [-0.39, 0.29) is 33.9 Å². The molecule has 3 aromatic heterocycles. The number of hydrogen-bond acceptors (Lipinski definition) is 14. The molecule has 5 rings (SSSR count). The van der Waals surface area contributed by atoms with E-state index in [4.69, 9.17) is 32.3 Å². The molecule has 3 atom stereocenters. The van der Waals surface area contributed by atoms with Crippen LogP contribution in [0.5, 0.6) is 0 Å². The maximum absolute atomic E-state index is 13.4. The lowest BCUT2D eigenvalue weighted by molar-refractivity contribution is -0.664. The molecule has 0 spiro atoms. The van der Waals surface area contributed by atoms with Crippen LogP contribution in [0.4, 0.5) is 11.1 Å². The van der Waals surface area contributed by atoms with Crippen molar-refractivity contribution in [1.29, 1.82) is 0 Å². The Bertz CT molecular complexity index is 1830. The van der Waals surface area contributed by atoms with Crippen molar-refractivity contribution in [3.8, 4) is 0 Å². The monoisotopic (exact) mass is 719 g/mol. The number of aldehydes is 2. The number of imidazole rings is 1. The van der Waals surface area contributed by atoms with Crippen LogP contribution in [0.25, 0.3) is 11.2 Å². The molecule has 1 saturated heterocycles. The van der Waals surface area contributed by atoms with Gasteiger partial charge in [-0.2, -0.15) is 0 Å². The maximum atomic E-state index is 13.4. The summed E-state index contributed by atoms with van der Waals surface area (Å²) in [4.78, 5) is 76.5. The summed E-state index contributed by atoms with van der Waals surface area (Å²) in [5.74, 6) is -1.84. The first-order valence-electron chi connectivity index (χ1n) is 14.6. The smallest absolute Gasteiger partial charge is 0.351 e. The Morgan fingerprint density at radius 3 is 2.81 bits per heavy atom. The minimum Gasteiger partial charge on any atom is -0.478 e. The number of rotatable bonds is 16. The van der Waals surface area contributed by atoms with Gasteiger partial charge in [-0.25, -0.2) is 14.3 Å². The molecule has 0 radical (unpaired) electrons. The number of carbonyl (C=O) groups is 5. The second-order valence-corrected chi connectivity index (χ2v) is 13.3. The van der Waals surface area contributed by atoms with Gasteiger partial charge in [-0.3, -0.25) is 23.9 Å². The lowest BCUT2D eigenvalue weighted by Crippen LogP contribution is -2.70. The van der Waals surface area contributed by atoms with Crippen LogP contribution >= 0.6 is 34.7 Å². The van der Waals surface area contributed by atoms with E-state index in [2.05, 4.69) is 26.1 Å². The highest BCUT2D eigenvalue weighted by molar-refractivity contribution is 8.00. The molecular formula is C28H32ClN10O7S2+. The molecular weight excluding hydrogens is 688 g/mol. The molecule has 254 valence electrons. The SMILES string of the molecule is CNCCCn1c(NCC=O)nc2c1ccc[n+]2CC1=C(C=O)N2C(=O)C(NC(=O)/C(=N\O[C@@H](C)C(=O)O)c3nc(N)sc3Cl)C2SC1.